The topological polar surface area (TPSA) is 78.9 Å². The van der Waals surface area contributed by atoms with Crippen LogP contribution in [0.4, 0.5) is 0 Å². The predicted octanol–water partition coefficient (Wildman–Crippen LogP) is 20.5. The molecule has 0 spiro atoms. The number of ether oxygens (including phenoxy) is 3. The summed E-state index contributed by atoms with van der Waals surface area (Å²) in [4.78, 5) is 38.2. The van der Waals surface area contributed by atoms with Gasteiger partial charge < -0.3 is 14.2 Å². The van der Waals surface area contributed by atoms with E-state index in [1.54, 1.807) is 0 Å². The molecule has 0 aromatic carbocycles. The quantitative estimate of drug-likeness (QED) is 0.0261. The van der Waals surface area contributed by atoms with Crippen molar-refractivity contribution in [3.8, 4) is 0 Å². The van der Waals surface area contributed by atoms with E-state index in [-0.39, 0.29) is 31.1 Å². The van der Waals surface area contributed by atoms with Crippen molar-refractivity contribution in [2.45, 2.75) is 290 Å². The number of hydrogen-bond donors (Lipinski definition) is 0. The Morgan fingerprint density at radius 1 is 0.292 bits per heavy atom. The molecule has 0 N–H and O–H groups in total. The maximum atomic E-state index is 12.9. The Kier molecular flexibility index (Phi) is 56.8. The molecule has 1 atom stereocenters. The van der Waals surface area contributed by atoms with Gasteiger partial charge in [0.1, 0.15) is 13.2 Å². The summed E-state index contributed by atoms with van der Waals surface area (Å²) in [7, 11) is 0. The summed E-state index contributed by atoms with van der Waals surface area (Å²) in [5.41, 5.74) is 0. The van der Waals surface area contributed by atoms with Crippen molar-refractivity contribution < 1.29 is 28.6 Å². The molecule has 0 aliphatic carbocycles. The van der Waals surface area contributed by atoms with E-state index >= 15 is 0 Å². The standard InChI is InChI=1S/C66H112O6/c1-4-7-10-13-16-19-22-25-27-29-30-31-32-33-34-35-36-38-39-41-44-47-50-53-56-59-65(68)71-62-63(61-70-64(67)58-55-52-49-46-43-24-21-18-15-12-9-6-3)72-66(69)60-57-54-51-48-45-42-40-37-28-26-23-20-17-14-11-8-5-2/h7,10,16,19,25-28,30-31,33-34,36,38,41,44,63H,4-6,8-9,11-15,17-18,20-24,29,32,35,37,39-40,42-43,45-62H2,1-3H3/b10-7-,19-16-,27-25-,28-26-,31-30-,34-33-,38-36-,44-41-. The average Bonchev–Trinajstić information content (AvgIpc) is 3.38. The van der Waals surface area contributed by atoms with Gasteiger partial charge in [0.25, 0.3) is 0 Å². The molecule has 0 radical (unpaired) electrons. The fourth-order valence-corrected chi connectivity index (χ4v) is 8.30. The third-order valence-electron chi connectivity index (χ3n) is 12.8. The monoisotopic (exact) mass is 1000 g/mol. The number of carbonyl (C=O) groups excluding carboxylic acids is 3. The summed E-state index contributed by atoms with van der Waals surface area (Å²) in [6.07, 6.45) is 79.7. The zero-order chi connectivity index (χ0) is 52.2. The van der Waals surface area contributed by atoms with Gasteiger partial charge in [-0.25, -0.2) is 0 Å². The van der Waals surface area contributed by atoms with E-state index in [0.29, 0.717) is 19.3 Å². The summed E-state index contributed by atoms with van der Waals surface area (Å²) in [6, 6.07) is 0. The van der Waals surface area contributed by atoms with Gasteiger partial charge >= 0.3 is 17.9 Å². The van der Waals surface area contributed by atoms with Gasteiger partial charge in [0.2, 0.25) is 0 Å². The minimum atomic E-state index is -0.793. The van der Waals surface area contributed by atoms with Crippen LogP contribution >= 0.6 is 0 Å². The molecule has 0 bridgehead atoms. The summed E-state index contributed by atoms with van der Waals surface area (Å²) < 4.78 is 16.9. The van der Waals surface area contributed by atoms with E-state index in [0.717, 1.165) is 109 Å². The lowest BCUT2D eigenvalue weighted by Crippen LogP contribution is -2.30. The van der Waals surface area contributed by atoms with Crippen molar-refractivity contribution in [2.75, 3.05) is 13.2 Å². The van der Waals surface area contributed by atoms with Crippen LogP contribution in [0.5, 0.6) is 0 Å². The van der Waals surface area contributed by atoms with Crippen molar-refractivity contribution in [1.29, 1.82) is 0 Å². The summed E-state index contributed by atoms with van der Waals surface area (Å²) in [5.74, 6) is -0.920. The summed E-state index contributed by atoms with van der Waals surface area (Å²) >= 11 is 0. The first-order valence-electron chi connectivity index (χ1n) is 30.2. The van der Waals surface area contributed by atoms with Gasteiger partial charge in [0.15, 0.2) is 6.10 Å². The highest BCUT2D eigenvalue weighted by Crippen LogP contribution is 2.15. The van der Waals surface area contributed by atoms with Gasteiger partial charge in [-0.05, 0) is 103 Å². The first-order chi connectivity index (χ1) is 35.5. The molecular formula is C66H112O6. The molecular weight excluding hydrogens is 889 g/mol. The Morgan fingerprint density at radius 3 is 0.875 bits per heavy atom. The molecule has 0 aliphatic rings. The number of unbranched alkanes of at least 4 members (excludes halogenated alkanes) is 27. The Bertz CT molecular complexity index is 1430. The molecule has 412 valence electrons. The Balaban J connectivity index is 4.40. The minimum absolute atomic E-state index is 0.0880. The normalized spacial score (nSPS) is 12.8. The van der Waals surface area contributed by atoms with Gasteiger partial charge in [-0.1, -0.05) is 259 Å². The fourth-order valence-electron chi connectivity index (χ4n) is 8.30. The predicted molar refractivity (Wildman–Crippen MR) is 311 cm³/mol. The molecule has 0 aliphatic heterocycles. The van der Waals surface area contributed by atoms with E-state index in [1.807, 2.05) is 0 Å². The van der Waals surface area contributed by atoms with Crippen LogP contribution in [-0.2, 0) is 28.6 Å². The molecule has 1 unspecified atom stereocenters. The third kappa shape index (κ3) is 57.2. The molecule has 6 heteroatoms. The first kappa shape index (κ1) is 68.3. The van der Waals surface area contributed by atoms with E-state index < -0.39 is 6.10 Å². The second-order valence-corrected chi connectivity index (χ2v) is 19.9. The number of allylic oxidation sites excluding steroid dienone is 16. The highest BCUT2D eigenvalue weighted by atomic mass is 16.6. The van der Waals surface area contributed by atoms with Gasteiger partial charge in [0, 0.05) is 19.3 Å². The van der Waals surface area contributed by atoms with Crippen molar-refractivity contribution in [1.82, 2.24) is 0 Å². The first-order valence-corrected chi connectivity index (χ1v) is 30.2. The maximum Gasteiger partial charge on any atom is 0.306 e. The zero-order valence-corrected chi connectivity index (χ0v) is 47.2. The maximum absolute atomic E-state index is 12.9. The summed E-state index contributed by atoms with van der Waals surface area (Å²) in [5, 5.41) is 0. The zero-order valence-electron chi connectivity index (χ0n) is 47.2. The Hall–Kier alpha value is -3.67. The lowest BCUT2D eigenvalue weighted by Gasteiger charge is -2.18. The van der Waals surface area contributed by atoms with E-state index in [1.165, 1.54) is 135 Å². The number of hydrogen-bond acceptors (Lipinski definition) is 6. The van der Waals surface area contributed by atoms with E-state index in [9.17, 15) is 14.4 Å². The van der Waals surface area contributed by atoms with Crippen LogP contribution in [-0.4, -0.2) is 37.2 Å². The van der Waals surface area contributed by atoms with Crippen molar-refractivity contribution in [3.63, 3.8) is 0 Å². The lowest BCUT2D eigenvalue weighted by molar-refractivity contribution is -0.167. The fraction of sp³-hybridized carbons (Fsp3) is 0.712. The molecule has 0 heterocycles. The molecule has 6 nitrogen and oxygen atoms in total. The molecule has 0 saturated heterocycles. The van der Waals surface area contributed by atoms with Crippen molar-refractivity contribution >= 4 is 17.9 Å². The van der Waals surface area contributed by atoms with Crippen molar-refractivity contribution in [2.24, 2.45) is 0 Å². The molecule has 72 heavy (non-hydrogen) atoms. The van der Waals surface area contributed by atoms with E-state index in [2.05, 4.69) is 118 Å². The van der Waals surface area contributed by atoms with Crippen LogP contribution < -0.4 is 0 Å². The number of esters is 3. The van der Waals surface area contributed by atoms with Crippen LogP contribution in [0.2, 0.25) is 0 Å². The van der Waals surface area contributed by atoms with Gasteiger partial charge in [-0.15, -0.1) is 0 Å². The summed E-state index contributed by atoms with van der Waals surface area (Å²) in [6.45, 7) is 6.50. The molecule has 0 rings (SSSR count). The second kappa shape index (κ2) is 59.9. The largest absolute Gasteiger partial charge is 0.462 e. The van der Waals surface area contributed by atoms with Gasteiger partial charge in [-0.2, -0.15) is 0 Å². The van der Waals surface area contributed by atoms with Crippen molar-refractivity contribution in [3.05, 3.63) is 97.2 Å². The van der Waals surface area contributed by atoms with Gasteiger partial charge in [0.05, 0.1) is 0 Å². The van der Waals surface area contributed by atoms with Gasteiger partial charge in [-0.3, -0.25) is 14.4 Å². The van der Waals surface area contributed by atoms with Crippen LogP contribution in [0.1, 0.15) is 284 Å². The number of rotatable bonds is 54. The molecule has 0 fully saturated rings. The number of carbonyl (C=O) groups is 3. The molecule has 0 aromatic heterocycles. The van der Waals surface area contributed by atoms with Crippen LogP contribution in [0.15, 0.2) is 97.2 Å². The van der Waals surface area contributed by atoms with Crippen LogP contribution in [0.25, 0.3) is 0 Å². The van der Waals surface area contributed by atoms with E-state index in [4.69, 9.17) is 14.2 Å². The lowest BCUT2D eigenvalue weighted by atomic mass is 10.0. The minimum Gasteiger partial charge on any atom is -0.462 e. The smallest absolute Gasteiger partial charge is 0.306 e. The third-order valence-corrected chi connectivity index (χ3v) is 12.8. The molecule has 0 amide bonds. The Morgan fingerprint density at radius 2 is 0.542 bits per heavy atom. The molecule has 0 saturated carbocycles. The average molecular weight is 1000 g/mol. The molecule has 0 aromatic rings. The highest BCUT2D eigenvalue weighted by Gasteiger charge is 2.19. The Labute approximate surface area is 445 Å². The highest BCUT2D eigenvalue weighted by molar-refractivity contribution is 5.71. The van der Waals surface area contributed by atoms with Crippen LogP contribution in [0, 0.1) is 0 Å². The van der Waals surface area contributed by atoms with Crippen LogP contribution in [0.3, 0.4) is 0 Å². The second-order valence-electron chi connectivity index (χ2n) is 19.9. The SMILES string of the molecule is CC/C=C\C/C=C\C/C=C\C/C=C\C/C=C\C/C=C\C/C=C\CCCCCC(=O)OCC(COC(=O)CCCCCCCCCCCCCC)OC(=O)CCCCCCCCC/C=C\CCCCCCCC.